The minimum Gasteiger partial charge on any atom is -0.464 e. The number of ether oxygens (including phenoxy) is 1. The van der Waals surface area contributed by atoms with Crippen molar-refractivity contribution in [1.82, 2.24) is 4.68 Å². The van der Waals surface area contributed by atoms with E-state index in [2.05, 4.69) is 0 Å². The molecule has 1 atom stereocenters. The number of β-lactam (4-membered cyclic amide) rings is 1. The van der Waals surface area contributed by atoms with Gasteiger partial charge in [-0.15, -0.1) is 0 Å². The molecule has 1 fully saturated rings. The second kappa shape index (κ2) is 4.62. The zero-order valence-corrected chi connectivity index (χ0v) is 13.0. The maximum atomic E-state index is 12.8. The molecular weight excluding hydrogens is 294 g/mol. The molecule has 0 radical (unpaired) electrons. The van der Waals surface area contributed by atoms with Crippen LogP contribution in [0.4, 0.5) is 11.4 Å². The van der Waals surface area contributed by atoms with Crippen LogP contribution >= 0.6 is 0 Å². The molecule has 23 heavy (non-hydrogen) atoms. The van der Waals surface area contributed by atoms with Crippen LogP contribution < -0.4 is 9.91 Å². The number of fused-ring (bicyclic) bond motifs is 5. The van der Waals surface area contributed by atoms with Crippen LogP contribution in [0.1, 0.15) is 19.0 Å². The summed E-state index contributed by atoms with van der Waals surface area (Å²) in [5, 5.41) is 1.94. The van der Waals surface area contributed by atoms with Gasteiger partial charge in [0.25, 0.3) is 0 Å². The fourth-order valence-corrected chi connectivity index (χ4v) is 3.57. The summed E-state index contributed by atoms with van der Waals surface area (Å²) in [7, 11) is 1.91. The van der Waals surface area contributed by atoms with Crippen LogP contribution in [0.25, 0.3) is 0 Å². The quantitative estimate of drug-likeness (QED) is 0.628. The summed E-state index contributed by atoms with van der Waals surface area (Å²) in [6.07, 6.45) is 2.01. The molecule has 2 aliphatic heterocycles. The Morgan fingerprint density at radius 2 is 1.96 bits per heavy atom. The van der Waals surface area contributed by atoms with E-state index >= 15 is 0 Å². The smallest absolute Gasteiger partial charge is 0.339 e. The van der Waals surface area contributed by atoms with Gasteiger partial charge in [0.05, 0.1) is 30.1 Å². The van der Waals surface area contributed by atoms with Gasteiger partial charge in [0.15, 0.2) is 5.54 Å². The summed E-state index contributed by atoms with van der Waals surface area (Å²) in [4.78, 5) is 26.8. The molecule has 4 rings (SSSR count). The Morgan fingerprint density at radius 3 is 2.65 bits per heavy atom. The first-order valence-corrected chi connectivity index (χ1v) is 7.62. The summed E-state index contributed by atoms with van der Waals surface area (Å²) in [5.74, 6) is -0.460. The molecule has 0 saturated carbocycles. The number of esters is 1. The highest BCUT2D eigenvalue weighted by Gasteiger charge is 2.62. The van der Waals surface area contributed by atoms with E-state index in [1.165, 1.54) is 0 Å². The average molecular weight is 311 g/mol. The lowest BCUT2D eigenvalue weighted by atomic mass is 9.80. The highest BCUT2D eigenvalue weighted by molar-refractivity contribution is 6.14. The number of nitrogens with zero attached hydrogens (tertiary/aromatic N) is 3. The summed E-state index contributed by atoms with van der Waals surface area (Å²) in [6, 6.07) is 11.3. The molecular formula is C17H17N3O3. The van der Waals surface area contributed by atoms with Crippen molar-refractivity contribution in [3.8, 4) is 0 Å². The van der Waals surface area contributed by atoms with Crippen LogP contribution in [-0.4, -0.2) is 30.2 Å². The Bertz CT molecular complexity index is 813. The van der Waals surface area contributed by atoms with E-state index in [4.69, 9.17) is 4.74 Å². The maximum Gasteiger partial charge on any atom is 0.339 e. The third-order valence-corrected chi connectivity index (χ3v) is 4.60. The van der Waals surface area contributed by atoms with Crippen LogP contribution in [0.3, 0.4) is 0 Å². The van der Waals surface area contributed by atoms with Gasteiger partial charge < -0.3 is 4.74 Å². The second-order valence-electron chi connectivity index (χ2n) is 5.74. The molecule has 6 nitrogen and oxygen atoms in total. The predicted molar refractivity (Wildman–Crippen MR) is 85.1 cm³/mol. The zero-order chi connectivity index (χ0) is 16.2. The molecule has 3 heterocycles. The maximum absolute atomic E-state index is 12.8. The van der Waals surface area contributed by atoms with Crippen molar-refractivity contribution in [3.05, 3.63) is 48.3 Å². The molecule has 2 aromatic rings. The fourth-order valence-electron chi connectivity index (χ4n) is 3.57. The minimum atomic E-state index is -1.09. The minimum absolute atomic E-state index is 0.0754. The van der Waals surface area contributed by atoms with E-state index in [9.17, 15) is 9.59 Å². The lowest BCUT2D eigenvalue weighted by molar-refractivity contribution is -0.158. The first-order valence-electron chi connectivity index (χ1n) is 7.62. The standard InChI is InChI=1S/C17H17N3O3/c1-3-23-16(22)17-11-15(21)20(17)13-8-5-4-7-12(13)18(2)19-10-6-9-14(17)19/h4-10H,3,11H2,1-2H3. The summed E-state index contributed by atoms with van der Waals surface area (Å²) in [6.45, 7) is 2.05. The molecule has 1 aromatic heterocycles. The Balaban J connectivity index is 2.01. The number of carbonyl (C=O) groups is 2. The van der Waals surface area contributed by atoms with Crippen molar-refractivity contribution < 1.29 is 14.3 Å². The van der Waals surface area contributed by atoms with Gasteiger partial charge in [0.1, 0.15) is 0 Å². The zero-order valence-electron chi connectivity index (χ0n) is 13.0. The van der Waals surface area contributed by atoms with Gasteiger partial charge in [-0.2, -0.15) is 0 Å². The molecule has 1 amide bonds. The molecule has 0 aliphatic carbocycles. The highest BCUT2D eigenvalue weighted by Crippen LogP contribution is 2.50. The number of rotatable bonds is 2. The fraction of sp³-hybridized carbons (Fsp3) is 0.294. The first-order chi connectivity index (χ1) is 11.1. The third kappa shape index (κ3) is 1.58. The second-order valence-corrected chi connectivity index (χ2v) is 5.74. The van der Waals surface area contributed by atoms with Crippen LogP contribution in [0.2, 0.25) is 0 Å². The molecule has 0 spiro atoms. The van der Waals surface area contributed by atoms with Crippen LogP contribution in [0.15, 0.2) is 42.6 Å². The van der Waals surface area contributed by atoms with E-state index in [1.54, 1.807) is 11.8 Å². The molecule has 2 aliphatic rings. The predicted octanol–water partition coefficient (Wildman–Crippen LogP) is 1.90. The summed E-state index contributed by atoms with van der Waals surface area (Å²) >= 11 is 0. The number of anilines is 2. The number of aromatic nitrogens is 1. The van der Waals surface area contributed by atoms with Crippen LogP contribution in [0.5, 0.6) is 0 Å². The van der Waals surface area contributed by atoms with Crippen LogP contribution in [0, 0.1) is 0 Å². The van der Waals surface area contributed by atoms with Crippen molar-refractivity contribution in [2.75, 3.05) is 23.6 Å². The van der Waals surface area contributed by atoms with E-state index < -0.39 is 5.54 Å². The number of para-hydroxylation sites is 2. The Hall–Kier alpha value is -2.76. The third-order valence-electron chi connectivity index (χ3n) is 4.60. The number of carbonyl (C=O) groups excluding carboxylic acids is 2. The topological polar surface area (TPSA) is 54.8 Å². The van der Waals surface area contributed by atoms with Crippen molar-refractivity contribution in [3.63, 3.8) is 0 Å². The van der Waals surface area contributed by atoms with E-state index in [0.29, 0.717) is 0 Å². The molecule has 1 saturated heterocycles. The molecule has 1 aromatic carbocycles. The molecule has 1 unspecified atom stereocenters. The highest BCUT2D eigenvalue weighted by atomic mass is 16.5. The first kappa shape index (κ1) is 13.9. The SMILES string of the molecule is CCOC(=O)C12CC(=O)N1c1ccccc1N(C)n1cccc12. The van der Waals surface area contributed by atoms with Gasteiger partial charge in [0.2, 0.25) is 5.91 Å². The lowest BCUT2D eigenvalue weighted by Gasteiger charge is -2.48. The number of hydrogen-bond donors (Lipinski definition) is 0. The summed E-state index contributed by atoms with van der Waals surface area (Å²) < 4.78 is 7.23. The van der Waals surface area contributed by atoms with E-state index in [1.807, 2.05) is 59.3 Å². The van der Waals surface area contributed by atoms with Gasteiger partial charge >= 0.3 is 5.97 Å². The largest absolute Gasteiger partial charge is 0.464 e. The van der Waals surface area contributed by atoms with Gasteiger partial charge in [0, 0.05) is 13.2 Å². The normalized spacial score (nSPS) is 21.7. The van der Waals surface area contributed by atoms with E-state index in [-0.39, 0.29) is 24.9 Å². The lowest BCUT2D eigenvalue weighted by Crippen LogP contribution is -2.66. The summed E-state index contributed by atoms with van der Waals surface area (Å²) in [5.41, 5.74) is 1.25. The molecule has 0 bridgehead atoms. The van der Waals surface area contributed by atoms with Crippen molar-refractivity contribution in [1.29, 1.82) is 0 Å². The Morgan fingerprint density at radius 1 is 1.22 bits per heavy atom. The number of hydrogen-bond acceptors (Lipinski definition) is 4. The van der Waals surface area contributed by atoms with Gasteiger partial charge in [-0.3, -0.25) is 19.4 Å². The van der Waals surface area contributed by atoms with Gasteiger partial charge in [-0.05, 0) is 31.2 Å². The van der Waals surface area contributed by atoms with Crippen molar-refractivity contribution in [2.45, 2.75) is 18.9 Å². The average Bonchev–Trinajstić information content (AvgIpc) is 2.99. The number of amides is 1. The number of benzene rings is 1. The van der Waals surface area contributed by atoms with Crippen molar-refractivity contribution in [2.24, 2.45) is 0 Å². The molecule has 0 N–H and O–H groups in total. The van der Waals surface area contributed by atoms with E-state index in [0.717, 1.165) is 17.1 Å². The molecule has 6 heteroatoms. The Kier molecular flexibility index (Phi) is 2.78. The monoisotopic (exact) mass is 311 g/mol. The Labute approximate surface area is 133 Å². The van der Waals surface area contributed by atoms with Crippen molar-refractivity contribution >= 4 is 23.3 Å². The van der Waals surface area contributed by atoms with Gasteiger partial charge in [-0.1, -0.05) is 12.1 Å². The van der Waals surface area contributed by atoms with Gasteiger partial charge in [-0.25, -0.2) is 4.79 Å². The molecule has 118 valence electrons. The van der Waals surface area contributed by atoms with Crippen LogP contribution in [-0.2, 0) is 19.9 Å².